The number of nitrogens with one attached hydrogen (secondary N) is 2. The molecule has 0 radical (unpaired) electrons. The standard InChI is InChI=1S/C31H29ClFN7O3S/c1-20-9-10-23-24(11-12-26(33)28(23)40(32)44(41,42)19-22-6-2-3-15-35-22)29(20)43-30-25(8-5-16-36-30)27-13-17-37-31(39-27)38-21-7-4-14-34-18-21/h2-3,5-6,8-13,15-17,21,34H,4,7,14,18-19H2,1H3,(H,37,38,39)/t21-/m0/s1. The first kappa shape index (κ1) is 29.7. The zero-order chi connectivity index (χ0) is 30.7. The lowest BCUT2D eigenvalue weighted by atomic mass is 10.0. The number of anilines is 2. The van der Waals surface area contributed by atoms with Gasteiger partial charge in [-0.15, -0.1) is 0 Å². The molecular weight excluding hydrogens is 605 g/mol. The van der Waals surface area contributed by atoms with Crippen LogP contribution < -0.4 is 19.2 Å². The van der Waals surface area contributed by atoms with Crippen LogP contribution in [0.5, 0.6) is 11.6 Å². The number of pyridine rings is 2. The van der Waals surface area contributed by atoms with Crippen molar-refractivity contribution in [1.82, 2.24) is 25.3 Å². The van der Waals surface area contributed by atoms with Crippen LogP contribution in [0.4, 0.5) is 16.0 Å². The second-order valence-corrected chi connectivity index (χ2v) is 12.8. The molecule has 0 unspecified atom stereocenters. The fourth-order valence-corrected chi connectivity index (χ4v) is 6.56. The molecule has 1 atom stereocenters. The number of ether oxygens (including phenoxy) is 1. The van der Waals surface area contributed by atoms with Crippen LogP contribution in [0.25, 0.3) is 22.0 Å². The zero-order valence-corrected chi connectivity index (χ0v) is 25.3. The second-order valence-electron chi connectivity index (χ2n) is 10.4. The molecule has 1 fully saturated rings. The molecule has 1 aliphatic rings. The summed E-state index contributed by atoms with van der Waals surface area (Å²) in [7, 11) is -4.20. The molecule has 3 aromatic heterocycles. The third-order valence-electron chi connectivity index (χ3n) is 7.28. The van der Waals surface area contributed by atoms with Crippen molar-refractivity contribution in [3.05, 3.63) is 96.3 Å². The van der Waals surface area contributed by atoms with Crippen LogP contribution in [0.2, 0.25) is 0 Å². The molecule has 4 heterocycles. The smallest absolute Gasteiger partial charge is 0.254 e. The van der Waals surface area contributed by atoms with E-state index in [9.17, 15) is 8.42 Å². The van der Waals surface area contributed by atoms with Crippen LogP contribution in [0.3, 0.4) is 0 Å². The summed E-state index contributed by atoms with van der Waals surface area (Å²) >= 11 is 6.37. The van der Waals surface area contributed by atoms with E-state index >= 15 is 4.39 Å². The minimum absolute atomic E-state index is 0.228. The van der Waals surface area contributed by atoms with Gasteiger partial charge in [-0.05, 0) is 74.3 Å². The summed E-state index contributed by atoms with van der Waals surface area (Å²) in [5, 5.41) is 7.46. The molecule has 0 amide bonds. The van der Waals surface area contributed by atoms with Gasteiger partial charge in [-0.25, -0.2) is 27.8 Å². The van der Waals surface area contributed by atoms with Crippen LogP contribution >= 0.6 is 11.8 Å². The molecule has 0 spiro atoms. The summed E-state index contributed by atoms with van der Waals surface area (Å²) in [6.45, 7) is 3.67. The number of aromatic nitrogens is 4. The summed E-state index contributed by atoms with van der Waals surface area (Å²) in [6, 6.07) is 16.5. The van der Waals surface area contributed by atoms with E-state index in [1.807, 2.05) is 13.0 Å². The van der Waals surface area contributed by atoms with E-state index in [1.54, 1.807) is 54.9 Å². The molecule has 2 aromatic carbocycles. The predicted octanol–water partition coefficient (Wildman–Crippen LogP) is 5.98. The van der Waals surface area contributed by atoms with Crippen molar-refractivity contribution in [3.8, 4) is 22.9 Å². The quantitative estimate of drug-likeness (QED) is 0.189. The number of hydrogen-bond acceptors (Lipinski definition) is 9. The van der Waals surface area contributed by atoms with E-state index in [0.717, 1.165) is 37.6 Å². The topological polar surface area (TPSA) is 122 Å². The van der Waals surface area contributed by atoms with E-state index in [-0.39, 0.29) is 28.7 Å². The maximum absolute atomic E-state index is 15.3. The van der Waals surface area contributed by atoms with E-state index in [0.29, 0.717) is 32.2 Å². The van der Waals surface area contributed by atoms with E-state index in [2.05, 4.69) is 25.6 Å². The van der Waals surface area contributed by atoms with Crippen molar-refractivity contribution in [3.63, 3.8) is 0 Å². The Labute approximate surface area is 259 Å². The van der Waals surface area contributed by atoms with Gasteiger partial charge < -0.3 is 15.4 Å². The van der Waals surface area contributed by atoms with Crippen molar-refractivity contribution >= 4 is 44.2 Å². The molecule has 1 aliphatic heterocycles. The molecule has 1 saturated heterocycles. The fraction of sp³-hybridized carbons (Fsp3) is 0.226. The van der Waals surface area contributed by atoms with Gasteiger partial charge in [0.1, 0.15) is 23.0 Å². The number of rotatable bonds is 9. The molecule has 226 valence electrons. The summed E-state index contributed by atoms with van der Waals surface area (Å²) in [5.74, 6) is -0.173. The maximum atomic E-state index is 15.3. The highest BCUT2D eigenvalue weighted by atomic mass is 35.5. The molecule has 0 bridgehead atoms. The van der Waals surface area contributed by atoms with Crippen molar-refractivity contribution in [2.45, 2.75) is 31.6 Å². The van der Waals surface area contributed by atoms with Gasteiger partial charge in [0.05, 0.1) is 17.0 Å². The second kappa shape index (κ2) is 12.7. The molecule has 0 aliphatic carbocycles. The molecule has 2 N–H and O–H groups in total. The Morgan fingerprint density at radius 1 is 1.02 bits per heavy atom. The summed E-state index contributed by atoms with van der Waals surface area (Å²) in [4.78, 5) is 17.7. The molecule has 6 rings (SSSR count). The van der Waals surface area contributed by atoms with Crippen molar-refractivity contribution < 1.29 is 17.5 Å². The van der Waals surface area contributed by atoms with Crippen molar-refractivity contribution in [1.29, 1.82) is 0 Å². The van der Waals surface area contributed by atoms with E-state index in [1.165, 1.54) is 12.3 Å². The van der Waals surface area contributed by atoms with Gasteiger partial charge in [0.15, 0.2) is 0 Å². The highest BCUT2D eigenvalue weighted by Gasteiger charge is 2.28. The first-order valence-electron chi connectivity index (χ1n) is 14.0. The van der Waals surface area contributed by atoms with Crippen LogP contribution in [0.15, 0.2) is 79.3 Å². The highest BCUT2D eigenvalue weighted by Crippen LogP contribution is 2.41. The fourth-order valence-electron chi connectivity index (χ4n) is 5.12. The number of halogens is 2. The minimum Gasteiger partial charge on any atom is -0.437 e. The lowest BCUT2D eigenvalue weighted by molar-refractivity contribution is 0.466. The van der Waals surface area contributed by atoms with Crippen molar-refractivity contribution in [2.75, 3.05) is 22.2 Å². The maximum Gasteiger partial charge on any atom is 0.254 e. The number of benzene rings is 2. The van der Waals surface area contributed by atoms with Crippen LogP contribution in [-0.4, -0.2) is 47.5 Å². The first-order valence-corrected chi connectivity index (χ1v) is 16.0. The average Bonchev–Trinajstić information content (AvgIpc) is 3.03. The number of nitrogens with zero attached hydrogens (tertiary/aromatic N) is 5. The minimum atomic E-state index is -4.20. The molecule has 0 saturated carbocycles. The van der Waals surface area contributed by atoms with Gasteiger partial charge in [0.25, 0.3) is 10.0 Å². The van der Waals surface area contributed by atoms with Crippen LogP contribution in [-0.2, 0) is 15.8 Å². The molecule has 5 aromatic rings. The zero-order valence-electron chi connectivity index (χ0n) is 23.7. The number of aryl methyl sites for hydroxylation is 1. The third kappa shape index (κ3) is 6.28. The highest BCUT2D eigenvalue weighted by molar-refractivity contribution is 7.93. The summed E-state index contributed by atoms with van der Waals surface area (Å²) < 4.78 is 48.6. The number of piperidine rings is 1. The SMILES string of the molecule is Cc1ccc2c(N(Cl)S(=O)(=O)Cc3ccccn3)c(F)ccc2c1Oc1ncccc1-c1ccnc(N[C@H]2CCCNC2)n1. The van der Waals surface area contributed by atoms with Gasteiger partial charge in [-0.1, -0.05) is 18.2 Å². The molecule has 13 heteroatoms. The van der Waals surface area contributed by atoms with E-state index in [4.69, 9.17) is 21.5 Å². The Balaban J connectivity index is 1.35. The number of hydrogen-bond donors (Lipinski definition) is 2. The van der Waals surface area contributed by atoms with Crippen LogP contribution in [0, 0.1) is 12.7 Å². The van der Waals surface area contributed by atoms with Crippen molar-refractivity contribution in [2.24, 2.45) is 0 Å². The molecule has 44 heavy (non-hydrogen) atoms. The monoisotopic (exact) mass is 633 g/mol. The van der Waals surface area contributed by atoms with Gasteiger partial charge in [0.2, 0.25) is 11.8 Å². The molecule has 10 nitrogen and oxygen atoms in total. The lowest BCUT2D eigenvalue weighted by Crippen LogP contribution is -2.38. The predicted molar refractivity (Wildman–Crippen MR) is 169 cm³/mol. The Morgan fingerprint density at radius 2 is 1.86 bits per heavy atom. The normalized spacial score (nSPS) is 15.2. The largest absolute Gasteiger partial charge is 0.437 e. The van der Waals surface area contributed by atoms with Crippen LogP contribution in [0.1, 0.15) is 24.1 Å². The van der Waals surface area contributed by atoms with E-state index < -0.39 is 21.6 Å². The molecular formula is C31H29ClFN7O3S. The Morgan fingerprint density at radius 3 is 2.66 bits per heavy atom. The average molecular weight is 634 g/mol. The first-order chi connectivity index (χ1) is 21.3. The number of sulfonamides is 1. The lowest BCUT2D eigenvalue weighted by Gasteiger charge is -2.23. The van der Waals surface area contributed by atoms with Gasteiger partial charge in [-0.3, -0.25) is 4.98 Å². The Kier molecular flexibility index (Phi) is 8.56. The third-order valence-corrected chi connectivity index (χ3v) is 9.41. The summed E-state index contributed by atoms with van der Waals surface area (Å²) in [6.07, 6.45) is 6.85. The Bertz CT molecular complexity index is 1910. The number of fused-ring (bicyclic) bond motifs is 1. The summed E-state index contributed by atoms with van der Waals surface area (Å²) in [5.41, 5.74) is 1.91. The van der Waals surface area contributed by atoms with Gasteiger partial charge in [0, 0.05) is 53.7 Å². The Hall–Kier alpha value is -4.39. The van der Waals surface area contributed by atoms with Gasteiger partial charge in [-0.2, -0.15) is 3.82 Å². The van der Waals surface area contributed by atoms with Gasteiger partial charge >= 0.3 is 0 Å².